The molecule has 2 aliphatic carbocycles. The number of carbonyl (C=O) groups excluding carboxylic acids is 2. The van der Waals surface area contributed by atoms with Crippen molar-refractivity contribution in [2.75, 3.05) is 33.3 Å². The molecule has 2 aliphatic rings. The van der Waals surface area contributed by atoms with Gasteiger partial charge in [0.25, 0.3) is 0 Å². The zero-order chi connectivity index (χ0) is 28.8. The van der Waals surface area contributed by atoms with E-state index in [2.05, 4.69) is 29.6 Å². The number of benzene rings is 3. The van der Waals surface area contributed by atoms with E-state index in [0.717, 1.165) is 40.7 Å². The van der Waals surface area contributed by atoms with Crippen molar-refractivity contribution in [2.24, 2.45) is 5.92 Å². The van der Waals surface area contributed by atoms with Crippen LogP contribution in [0.4, 0.5) is 4.79 Å². The normalized spacial score (nSPS) is 14.7. The minimum absolute atomic E-state index is 0.0926. The molecule has 0 bridgehead atoms. The van der Waals surface area contributed by atoms with Gasteiger partial charge in [-0.1, -0.05) is 78.9 Å². The lowest BCUT2D eigenvalue weighted by Gasteiger charge is -2.30. The predicted molar refractivity (Wildman–Crippen MR) is 156 cm³/mol. The molecule has 8 heteroatoms. The van der Waals surface area contributed by atoms with Crippen LogP contribution in [0.3, 0.4) is 0 Å². The highest BCUT2D eigenvalue weighted by Crippen LogP contribution is 2.44. The van der Waals surface area contributed by atoms with Crippen molar-refractivity contribution in [2.45, 2.75) is 37.8 Å². The van der Waals surface area contributed by atoms with Gasteiger partial charge in [0.15, 0.2) is 0 Å². The molecule has 1 atom stereocenters. The fraction of sp³-hybridized carbons (Fsp3) is 0.364. The third-order valence-electron chi connectivity index (χ3n) is 7.81. The Morgan fingerprint density at radius 3 is 2.15 bits per heavy atom. The number of rotatable bonds is 13. The van der Waals surface area contributed by atoms with E-state index in [0.29, 0.717) is 19.0 Å². The summed E-state index contributed by atoms with van der Waals surface area (Å²) in [5.74, 6) is -0.956. The molecule has 3 aromatic carbocycles. The van der Waals surface area contributed by atoms with E-state index in [1.54, 1.807) is 4.90 Å². The number of nitrogens with zero attached hydrogens (tertiary/aromatic N) is 2. The van der Waals surface area contributed by atoms with Gasteiger partial charge in [0.1, 0.15) is 12.6 Å². The quantitative estimate of drug-likeness (QED) is 0.316. The first-order valence-corrected chi connectivity index (χ1v) is 14.2. The summed E-state index contributed by atoms with van der Waals surface area (Å²) >= 11 is 0. The average Bonchev–Trinajstić information content (AvgIpc) is 3.74. The lowest BCUT2D eigenvalue weighted by atomic mass is 9.98. The van der Waals surface area contributed by atoms with E-state index in [9.17, 15) is 19.5 Å². The second kappa shape index (κ2) is 13.0. The molecule has 41 heavy (non-hydrogen) atoms. The Balaban J connectivity index is 1.28. The van der Waals surface area contributed by atoms with E-state index in [1.807, 2.05) is 66.5 Å². The highest BCUT2D eigenvalue weighted by atomic mass is 16.5. The lowest BCUT2D eigenvalue weighted by Crippen LogP contribution is -2.54. The van der Waals surface area contributed by atoms with E-state index in [4.69, 9.17) is 4.74 Å². The summed E-state index contributed by atoms with van der Waals surface area (Å²) in [6.07, 6.45) is 1.24. The van der Waals surface area contributed by atoms with E-state index in [-0.39, 0.29) is 37.9 Å². The van der Waals surface area contributed by atoms with Crippen molar-refractivity contribution >= 4 is 18.0 Å². The highest BCUT2D eigenvalue weighted by molar-refractivity contribution is 5.86. The molecule has 5 rings (SSSR count). The Hall–Kier alpha value is -4.17. The number of aliphatic carboxylic acids is 1. The molecular formula is C33H37N3O5. The summed E-state index contributed by atoms with van der Waals surface area (Å²) in [4.78, 5) is 41.8. The molecule has 8 nitrogen and oxygen atoms in total. The monoisotopic (exact) mass is 555 g/mol. The molecule has 0 saturated heterocycles. The van der Waals surface area contributed by atoms with Gasteiger partial charge in [0.05, 0.1) is 6.42 Å². The smallest absolute Gasteiger partial charge is 0.407 e. The topological polar surface area (TPSA) is 99.2 Å². The van der Waals surface area contributed by atoms with Crippen LogP contribution in [0.1, 0.15) is 41.9 Å². The number of carboxylic acid groups (broad SMARTS) is 1. The van der Waals surface area contributed by atoms with Crippen molar-refractivity contribution in [1.29, 1.82) is 0 Å². The SMILES string of the molecule is CN(Cc1ccccc1)CC(NC(=O)OCC1c2ccccc2-c2ccccc21)C(=O)N(CCC(=O)O)CC1CC1. The Bertz CT molecular complexity index is 1330. The average molecular weight is 556 g/mol. The van der Waals surface area contributed by atoms with Crippen molar-refractivity contribution < 1.29 is 24.2 Å². The Morgan fingerprint density at radius 2 is 1.54 bits per heavy atom. The van der Waals surface area contributed by atoms with Gasteiger partial charge in [-0.25, -0.2) is 4.79 Å². The molecule has 0 heterocycles. The van der Waals surface area contributed by atoms with E-state index < -0.39 is 18.1 Å². The van der Waals surface area contributed by atoms with Crippen LogP contribution in [-0.2, 0) is 20.9 Å². The molecule has 2 N–H and O–H groups in total. The molecule has 0 radical (unpaired) electrons. The Morgan fingerprint density at radius 1 is 0.927 bits per heavy atom. The fourth-order valence-corrected chi connectivity index (χ4v) is 5.59. The van der Waals surface area contributed by atoms with Gasteiger partial charge < -0.3 is 20.1 Å². The lowest BCUT2D eigenvalue weighted by molar-refractivity contribution is -0.139. The molecular weight excluding hydrogens is 518 g/mol. The molecule has 1 unspecified atom stereocenters. The van der Waals surface area contributed by atoms with Crippen LogP contribution in [0.5, 0.6) is 0 Å². The first kappa shape index (κ1) is 28.4. The van der Waals surface area contributed by atoms with Crippen molar-refractivity contribution in [3.05, 3.63) is 95.6 Å². The number of ether oxygens (including phenoxy) is 1. The molecule has 0 aliphatic heterocycles. The summed E-state index contributed by atoms with van der Waals surface area (Å²) < 4.78 is 5.76. The summed E-state index contributed by atoms with van der Waals surface area (Å²) in [6.45, 7) is 1.60. The summed E-state index contributed by atoms with van der Waals surface area (Å²) in [6, 6.07) is 25.3. The first-order valence-electron chi connectivity index (χ1n) is 14.2. The van der Waals surface area contributed by atoms with Crippen molar-refractivity contribution in [3.63, 3.8) is 0 Å². The molecule has 1 fully saturated rings. The number of likely N-dealkylation sites (N-methyl/N-ethyl adjacent to an activating group) is 1. The van der Waals surface area contributed by atoms with E-state index in [1.165, 1.54) is 0 Å². The second-order valence-electron chi connectivity index (χ2n) is 11.1. The van der Waals surface area contributed by atoms with Crippen LogP contribution in [-0.4, -0.2) is 72.2 Å². The number of hydrogen-bond acceptors (Lipinski definition) is 5. The maximum absolute atomic E-state index is 13.8. The fourth-order valence-electron chi connectivity index (χ4n) is 5.59. The molecule has 0 aromatic heterocycles. The molecule has 1 saturated carbocycles. The predicted octanol–water partition coefficient (Wildman–Crippen LogP) is 4.74. The third-order valence-corrected chi connectivity index (χ3v) is 7.81. The van der Waals surface area contributed by atoms with Crippen molar-refractivity contribution in [3.8, 4) is 11.1 Å². The number of nitrogens with one attached hydrogen (secondary N) is 1. The van der Waals surface area contributed by atoms with Gasteiger partial charge in [-0.15, -0.1) is 0 Å². The third kappa shape index (κ3) is 7.32. The standard InChI is InChI=1S/C33H37N3O5/c1-35(19-23-9-3-2-4-10-23)21-30(32(39)36(18-17-31(37)38)20-24-15-16-24)34-33(40)41-22-29-27-13-7-5-11-25(27)26-12-6-8-14-28(26)29/h2-14,24,29-30H,15-22H2,1H3,(H,34,40)(H,37,38). The van der Waals surface area contributed by atoms with Crippen LogP contribution in [0.2, 0.25) is 0 Å². The van der Waals surface area contributed by atoms with Gasteiger partial charge >= 0.3 is 12.1 Å². The minimum Gasteiger partial charge on any atom is -0.481 e. The summed E-state index contributed by atoms with van der Waals surface area (Å²) in [5.41, 5.74) is 5.59. The number of alkyl carbamates (subject to hydrolysis) is 1. The number of carboxylic acids is 1. The van der Waals surface area contributed by atoms with Crippen LogP contribution in [0.15, 0.2) is 78.9 Å². The summed E-state index contributed by atoms with van der Waals surface area (Å²) in [7, 11) is 1.90. The highest BCUT2D eigenvalue weighted by Gasteiger charge is 2.33. The molecule has 2 amide bonds. The van der Waals surface area contributed by atoms with Gasteiger partial charge in [0, 0.05) is 32.1 Å². The van der Waals surface area contributed by atoms with Crippen LogP contribution < -0.4 is 5.32 Å². The molecule has 3 aromatic rings. The number of hydrogen-bond donors (Lipinski definition) is 2. The minimum atomic E-state index is -0.958. The largest absolute Gasteiger partial charge is 0.481 e. The molecule has 214 valence electrons. The van der Waals surface area contributed by atoms with Crippen LogP contribution in [0.25, 0.3) is 11.1 Å². The van der Waals surface area contributed by atoms with Gasteiger partial charge in [-0.05, 0) is 53.6 Å². The van der Waals surface area contributed by atoms with E-state index >= 15 is 0 Å². The van der Waals surface area contributed by atoms with Gasteiger partial charge in [0.2, 0.25) is 5.91 Å². The summed E-state index contributed by atoms with van der Waals surface area (Å²) in [5, 5.41) is 12.1. The zero-order valence-corrected chi connectivity index (χ0v) is 23.4. The number of amides is 2. The number of carbonyl (C=O) groups is 3. The van der Waals surface area contributed by atoms with Crippen molar-refractivity contribution in [1.82, 2.24) is 15.1 Å². The maximum Gasteiger partial charge on any atom is 0.407 e. The first-order chi connectivity index (χ1) is 19.9. The van der Waals surface area contributed by atoms with Gasteiger partial charge in [-0.2, -0.15) is 0 Å². The Labute approximate surface area is 240 Å². The zero-order valence-electron chi connectivity index (χ0n) is 23.4. The molecule has 0 spiro atoms. The number of fused-ring (bicyclic) bond motifs is 3. The Kier molecular flexibility index (Phi) is 8.99. The second-order valence-corrected chi connectivity index (χ2v) is 11.1. The maximum atomic E-state index is 13.8. The van der Waals surface area contributed by atoms with Crippen LogP contribution >= 0.6 is 0 Å². The van der Waals surface area contributed by atoms with Crippen LogP contribution in [0, 0.1) is 5.92 Å². The van der Waals surface area contributed by atoms with Gasteiger partial charge in [-0.3, -0.25) is 14.5 Å².